The number of rotatable bonds is 4. The third kappa shape index (κ3) is 2.27. The number of carbonyl (C=O) groups is 1. The van der Waals surface area contributed by atoms with E-state index in [2.05, 4.69) is 15.4 Å². The van der Waals surface area contributed by atoms with E-state index >= 15 is 0 Å². The van der Waals surface area contributed by atoms with Crippen LogP contribution in [0.2, 0.25) is 0 Å². The monoisotopic (exact) mass is 247 g/mol. The standard InChI is InChI=1S/C12H17N5O/c1-4-16(3)12(18)9(2)15-11-10-5-6-14-17(10)8-7-13-11/h5-9H,4H2,1-3H3,(H,13,15). The van der Waals surface area contributed by atoms with Gasteiger partial charge in [0.25, 0.3) is 0 Å². The van der Waals surface area contributed by atoms with Crippen LogP contribution >= 0.6 is 0 Å². The number of nitrogens with zero attached hydrogens (tertiary/aromatic N) is 4. The van der Waals surface area contributed by atoms with Gasteiger partial charge in [-0.3, -0.25) is 4.79 Å². The maximum atomic E-state index is 12.0. The molecule has 1 amide bonds. The average Bonchev–Trinajstić information content (AvgIpc) is 2.86. The van der Waals surface area contributed by atoms with Gasteiger partial charge in [0.05, 0.1) is 6.20 Å². The predicted octanol–water partition coefficient (Wildman–Crippen LogP) is 1.01. The molecule has 2 aromatic rings. The molecule has 1 atom stereocenters. The SMILES string of the molecule is CCN(C)C(=O)C(C)Nc1nccn2nccc12. The van der Waals surface area contributed by atoms with E-state index in [0.717, 1.165) is 5.52 Å². The summed E-state index contributed by atoms with van der Waals surface area (Å²) in [6.45, 7) is 4.46. The topological polar surface area (TPSA) is 62.5 Å². The number of anilines is 1. The molecular weight excluding hydrogens is 230 g/mol. The summed E-state index contributed by atoms with van der Waals surface area (Å²) in [4.78, 5) is 17.9. The molecule has 0 saturated heterocycles. The van der Waals surface area contributed by atoms with Crippen LogP contribution in [0.15, 0.2) is 24.7 Å². The predicted molar refractivity (Wildman–Crippen MR) is 69.4 cm³/mol. The zero-order chi connectivity index (χ0) is 13.1. The molecule has 2 rings (SSSR count). The normalized spacial score (nSPS) is 12.4. The van der Waals surface area contributed by atoms with Gasteiger partial charge in [-0.2, -0.15) is 5.10 Å². The molecule has 2 aromatic heterocycles. The van der Waals surface area contributed by atoms with Crippen LogP contribution in [-0.2, 0) is 4.79 Å². The Morgan fingerprint density at radius 1 is 1.56 bits per heavy atom. The van der Waals surface area contributed by atoms with Crippen molar-refractivity contribution in [3.8, 4) is 0 Å². The summed E-state index contributed by atoms with van der Waals surface area (Å²) in [5.74, 6) is 0.709. The minimum Gasteiger partial charge on any atom is -0.357 e. The summed E-state index contributed by atoms with van der Waals surface area (Å²) >= 11 is 0. The van der Waals surface area contributed by atoms with Crippen LogP contribution in [0, 0.1) is 0 Å². The van der Waals surface area contributed by atoms with E-state index in [1.165, 1.54) is 0 Å². The Kier molecular flexibility index (Phi) is 3.45. The van der Waals surface area contributed by atoms with Crippen molar-refractivity contribution in [2.45, 2.75) is 19.9 Å². The van der Waals surface area contributed by atoms with Crippen molar-refractivity contribution >= 4 is 17.2 Å². The van der Waals surface area contributed by atoms with Crippen molar-refractivity contribution < 1.29 is 4.79 Å². The molecule has 1 unspecified atom stereocenters. The van der Waals surface area contributed by atoms with Gasteiger partial charge in [0.15, 0.2) is 5.82 Å². The maximum Gasteiger partial charge on any atom is 0.244 e. The zero-order valence-electron chi connectivity index (χ0n) is 10.8. The van der Waals surface area contributed by atoms with Gasteiger partial charge in [0.2, 0.25) is 5.91 Å². The Balaban J connectivity index is 2.18. The first-order valence-electron chi connectivity index (χ1n) is 5.93. The second-order valence-electron chi connectivity index (χ2n) is 4.16. The number of likely N-dealkylation sites (N-methyl/N-ethyl adjacent to an activating group) is 1. The van der Waals surface area contributed by atoms with Crippen LogP contribution in [0.5, 0.6) is 0 Å². The van der Waals surface area contributed by atoms with E-state index in [-0.39, 0.29) is 11.9 Å². The summed E-state index contributed by atoms with van der Waals surface area (Å²) in [6, 6.07) is 1.54. The lowest BCUT2D eigenvalue weighted by molar-refractivity contribution is -0.130. The highest BCUT2D eigenvalue weighted by molar-refractivity contribution is 5.85. The van der Waals surface area contributed by atoms with E-state index < -0.39 is 0 Å². The van der Waals surface area contributed by atoms with E-state index in [0.29, 0.717) is 12.4 Å². The third-order valence-electron chi connectivity index (χ3n) is 2.90. The number of amides is 1. The highest BCUT2D eigenvalue weighted by Gasteiger charge is 2.17. The Morgan fingerprint density at radius 3 is 3.06 bits per heavy atom. The third-order valence-corrected chi connectivity index (χ3v) is 2.90. The van der Waals surface area contributed by atoms with Crippen LogP contribution in [0.25, 0.3) is 5.52 Å². The first kappa shape index (κ1) is 12.3. The summed E-state index contributed by atoms with van der Waals surface area (Å²) in [5, 5.41) is 7.25. The van der Waals surface area contributed by atoms with Crippen LogP contribution in [0.3, 0.4) is 0 Å². The van der Waals surface area contributed by atoms with Crippen molar-refractivity contribution in [2.75, 3.05) is 18.9 Å². The lowest BCUT2D eigenvalue weighted by Gasteiger charge is -2.21. The molecule has 0 fully saturated rings. The average molecular weight is 247 g/mol. The fourth-order valence-electron chi connectivity index (χ4n) is 1.72. The van der Waals surface area contributed by atoms with Crippen LogP contribution in [-0.4, -0.2) is 45.0 Å². The molecule has 6 heteroatoms. The molecule has 0 radical (unpaired) electrons. The summed E-state index contributed by atoms with van der Waals surface area (Å²) in [7, 11) is 1.79. The number of nitrogens with one attached hydrogen (secondary N) is 1. The van der Waals surface area contributed by atoms with E-state index in [1.807, 2.05) is 19.9 Å². The van der Waals surface area contributed by atoms with Gasteiger partial charge >= 0.3 is 0 Å². The lowest BCUT2D eigenvalue weighted by atomic mass is 10.3. The van der Waals surface area contributed by atoms with Gasteiger partial charge in [-0.25, -0.2) is 9.50 Å². The molecule has 0 aliphatic carbocycles. The minimum atomic E-state index is -0.316. The summed E-state index contributed by atoms with van der Waals surface area (Å²) in [5.41, 5.74) is 0.858. The van der Waals surface area contributed by atoms with Crippen molar-refractivity contribution in [1.82, 2.24) is 19.5 Å². The number of hydrogen-bond acceptors (Lipinski definition) is 4. The fraction of sp³-hybridized carbons (Fsp3) is 0.417. The first-order valence-corrected chi connectivity index (χ1v) is 5.93. The molecule has 6 nitrogen and oxygen atoms in total. The second kappa shape index (κ2) is 5.03. The van der Waals surface area contributed by atoms with Crippen LogP contribution in [0.1, 0.15) is 13.8 Å². The number of carbonyl (C=O) groups excluding carboxylic acids is 1. The summed E-state index contributed by atoms with van der Waals surface area (Å²) < 4.78 is 1.72. The molecular formula is C12H17N5O. The largest absolute Gasteiger partial charge is 0.357 e. The fourth-order valence-corrected chi connectivity index (χ4v) is 1.72. The number of hydrogen-bond donors (Lipinski definition) is 1. The second-order valence-corrected chi connectivity index (χ2v) is 4.16. The molecule has 0 aromatic carbocycles. The van der Waals surface area contributed by atoms with Crippen molar-refractivity contribution in [3.63, 3.8) is 0 Å². The molecule has 0 aliphatic rings. The highest BCUT2D eigenvalue weighted by Crippen LogP contribution is 2.13. The van der Waals surface area contributed by atoms with Crippen LogP contribution in [0.4, 0.5) is 5.82 Å². The van der Waals surface area contributed by atoms with Crippen LogP contribution < -0.4 is 5.32 Å². The molecule has 0 saturated carbocycles. The molecule has 0 bridgehead atoms. The zero-order valence-corrected chi connectivity index (χ0v) is 10.8. The highest BCUT2D eigenvalue weighted by atomic mass is 16.2. The van der Waals surface area contributed by atoms with E-state index in [9.17, 15) is 4.79 Å². The van der Waals surface area contributed by atoms with E-state index in [4.69, 9.17) is 0 Å². The van der Waals surface area contributed by atoms with Gasteiger partial charge in [-0.1, -0.05) is 0 Å². The molecule has 0 spiro atoms. The molecule has 1 N–H and O–H groups in total. The molecule has 0 aliphatic heterocycles. The lowest BCUT2D eigenvalue weighted by Crippen LogP contribution is -2.39. The Hall–Kier alpha value is -2.11. The van der Waals surface area contributed by atoms with Crippen molar-refractivity contribution in [1.29, 1.82) is 0 Å². The number of aromatic nitrogens is 3. The van der Waals surface area contributed by atoms with Gasteiger partial charge < -0.3 is 10.2 Å². The first-order chi connectivity index (χ1) is 8.63. The molecule has 18 heavy (non-hydrogen) atoms. The van der Waals surface area contributed by atoms with Gasteiger partial charge in [-0.15, -0.1) is 0 Å². The van der Waals surface area contributed by atoms with E-state index in [1.54, 1.807) is 35.1 Å². The summed E-state index contributed by atoms with van der Waals surface area (Å²) in [6.07, 6.45) is 5.13. The smallest absolute Gasteiger partial charge is 0.244 e. The maximum absolute atomic E-state index is 12.0. The Morgan fingerprint density at radius 2 is 2.33 bits per heavy atom. The molecule has 2 heterocycles. The minimum absolute atomic E-state index is 0.0424. The van der Waals surface area contributed by atoms with Gasteiger partial charge in [0, 0.05) is 26.0 Å². The van der Waals surface area contributed by atoms with Crippen molar-refractivity contribution in [2.24, 2.45) is 0 Å². The van der Waals surface area contributed by atoms with Gasteiger partial charge in [0.1, 0.15) is 11.6 Å². The van der Waals surface area contributed by atoms with Crippen molar-refractivity contribution in [3.05, 3.63) is 24.7 Å². The Labute approximate surface area is 106 Å². The van der Waals surface area contributed by atoms with Gasteiger partial charge in [-0.05, 0) is 19.9 Å². The Bertz CT molecular complexity index is 550. The number of fused-ring (bicyclic) bond motifs is 1. The molecule has 96 valence electrons. The quantitative estimate of drug-likeness (QED) is 0.875.